The minimum atomic E-state index is 0.110. The SMILES string of the molecule is CCc1nc2ccc(Cl)cn2c1C(=O)CCc1ccc(N2CC3(CC(c4cccnc4)C3)C2)cc1. The van der Waals surface area contributed by atoms with Crippen LogP contribution in [-0.2, 0) is 12.8 Å². The van der Waals surface area contributed by atoms with Gasteiger partial charge in [0.2, 0.25) is 0 Å². The highest BCUT2D eigenvalue weighted by Gasteiger charge is 2.52. The lowest BCUT2D eigenvalue weighted by Crippen LogP contribution is -2.61. The van der Waals surface area contributed by atoms with E-state index in [1.54, 1.807) is 6.20 Å². The number of carbonyl (C=O) groups is 1. The van der Waals surface area contributed by atoms with E-state index < -0.39 is 0 Å². The lowest BCUT2D eigenvalue weighted by Gasteiger charge is -2.60. The maximum absolute atomic E-state index is 13.1. The molecule has 1 spiro atoms. The molecule has 6 rings (SSSR count). The standard InChI is InChI=1S/C29H29ClN4O/c1-2-25-28(34-17-23(30)8-12-27(34)32-25)26(35)11-7-20-5-9-24(10-6-20)33-18-29(19-33)14-22(15-29)21-4-3-13-31-16-21/h3-6,8-10,12-13,16-17,22H,2,7,11,14-15,18-19H2,1H3. The van der Waals surface area contributed by atoms with Gasteiger partial charge in [0.15, 0.2) is 5.78 Å². The molecule has 1 saturated carbocycles. The average Bonchev–Trinajstić information content (AvgIpc) is 3.20. The Kier molecular flexibility index (Phi) is 5.60. The van der Waals surface area contributed by atoms with Gasteiger partial charge in [-0.3, -0.25) is 14.2 Å². The number of aryl methyl sites for hydroxylation is 2. The zero-order valence-corrected chi connectivity index (χ0v) is 20.7. The molecule has 5 nitrogen and oxygen atoms in total. The van der Waals surface area contributed by atoms with Crippen LogP contribution in [-0.4, -0.2) is 33.2 Å². The van der Waals surface area contributed by atoms with E-state index in [4.69, 9.17) is 11.6 Å². The molecule has 1 aliphatic carbocycles. The molecular weight excluding hydrogens is 456 g/mol. The Morgan fingerprint density at radius 2 is 1.91 bits per heavy atom. The zero-order chi connectivity index (χ0) is 24.0. The lowest BCUT2D eigenvalue weighted by molar-refractivity contribution is 0.0632. The molecule has 0 radical (unpaired) electrons. The van der Waals surface area contributed by atoms with Crippen LogP contribution >= 0.6 is 11.6 Å². The van der Waals surface area contributed by atoms with Gasteiger partial charge in [-0.2, -0.15) is 0 Å². The van der Waals surface area contributed by atoms with Crippen molar-refractivity contribution in [1.29, 1.82) is 0 Å². The topological polar surface area (TPSA) is 50.5 Å². The first-order valence-corrected chi connectivity index (χ1v) is 12.8. The van der Waals surface area contributed by atoms with E-state index in [0.29, 0.717) is 34.9 Å². The molecule has 1 aromatic carbocycles. The van der Waals surface area contributed by atoms with Crippen LogP contribution in [0.1, 0.15) is 59.4 Å². The third-order valence-electron chi connectivity index (χ3n) is 7.76. The van der Waals surface area contributed by atoms with Crippen LogP contribution in [0.5, 0.6) is 0 Å². The number of halogens is 1. The minimum Gasteiger partial charge on any atom is -0.370 e. The van der Waals surface area contributed by atoms with Crippen LogP contribution in [0, 0.1) is 5.41 Å². The van der Waals surface area contributed by atoms with Crippen LogP contribution in [0.2, 0.25) is 5.02 Å². The van der Waals surface area contributed by atoms with E-state index in [9.17, 15) is 4.79 Å². The number of ketones is 1. The molecule has 6 heteroatoms. The molecule has 3 aromatic heterocycles. The summed E-state index contributed by atoms with van der Waals surface area (Å²) < 4.78 is 1.84. The Balaban J connectivity index is 1.05. The molecule has 178 valence electrons. The lowest BCUT2D eigenvalue weighted by atomic mass is 9.56. The Morgan fingerprint density at radius 3 is 2.63 bits per heavy atom. The summed E-state index contributed by atoms with van der Waals surface area (Å²) in [7, 11) is 0. The minimum absolute atomic E-state index is 0.110. The zero-order valence-electron chi connectivity index (χ0n) is 20.0. The van der Waals surface area contributed by atoms with Crippen molar-refractivity contribution >= 4 is 28.7 Å². The predicted molar refractivity (Wildman–Crippen MR) is 140 cm³/mol. The van der Waals surface area contributed by atoms with Crippen molar-refractivity contribution in [3.8, 4) is 0 Å². The van der Waals surface area contributed by atoms with Crippen molar-refractivity contribution in [2.24, 2.45) is 5.41 Å². The fourth-order valence-electron chi connectivity index (χ4n) is 5.90. The van der Waals surface area contributed by atoms with E-state index in [1.165, 1.54) is 29.7 Å². The highest BCUT2D eigenvalue weighted by atomic mass is 35.5. The molecule has 0 bridgehead atoms. The summed E-state index contributed by atoms with van der Waals surface area (Å²) in [6, 6.07) is 16.7. The molecule has 1 aliphatic heterocycles. The van der Waals surface area contributed by atoms with Crippen LogP contribution in [0.3, 0.4) is 0 Å². The van der Waals surface area contributed by atoms with Crippen LogP contribution < -0.4 is 4.90 Å². The maximum Gasteiger partial charge on any atom is 0.181 e. The fraction of sp³-hybridized carbons (Fsp3) is 0.345. The second kappa shape index (κ2) is 8.80. The molecule has 2 fully saturated rings. The van der Waals surface area contributed by atoms with Gasteiger partial charge >= 0.3 is 0 Å². The van der Waals surface area contributed by atoms with Crippen molar-refractivity contribution in [2.75, 3.05) is 18.0 Å². The number of anilines is 1. The number of fused-ring (bicyclic) bond motifs is 1. The molecule has 4 heterocycles. The number of rotatable bonds is 7. The molecule has 4 aromatic rings. The molecule has 1 saturated heterocycles. The van der Waals surface area contributed by atoms with Crippen molar-refractivity contribution in [3.05, 3.63) is 94.7 Å². The third kappa shape index (κ3) is 4.12. The number of benzene rings is 1. The van der Waals surface area contributed by atoms with Crippen LogP contribution in [0.15, 0.2) is 67.1 Å². The Hall–Kier alpha value is -3.18. The maximum atomic E-state index is 13.1. The summed E-state index contributed by atoms with van der Waals surface area (Å²) in [4.78, 5) is 24.5. The van der Waals surface area contributed by atoms with Crippen LogP contribution in [0.25, 0.3) is 5.65 Å². The van der Waals surface area contributed by atoms with Gasteiger partial charge in [-0.1, -0.05) is 36.7 Å². The van der Waals surface area contributed by atoms with Crippen LogP contribution in [0.4, 0.5) is 5.69 Å². The van der Waals surface area contributed by atoms with Crippen molar-refractivity contribution in [3.63, 3.8) is 0 Å². The number of hydrogen-bond acceptors (Lipinski definition) is 4. The monoisotopic (exact) mass is 484 g/mol. The van der Waals surface area contributed by atoms with Gasteiger partial charge in [-0.25, -0.2) is 4.98 Å². The average molecular weight is 485 g/mol. The van der Waals surface area contributed by atoms with Gasteiger partial charge in [0.25, 0.3) is 0 Å². The summed E-state index contributed by atoms with van der Waals surface area (Å²) in [6.07, 6.45) is 10.1. The summed E-state index contributed by atoms with van der Waals surface area (Å²) in [6.45, 7) is 4.30. The van der Waals surface area contributed by atoms with Gasteiger partial charge in [-0.05, 0) is 73.1 Å². The highest BCUT2D eigenvalue weighted by molar-refractivity contribution is 6.30. The summed E-state index contributed by atoms with van der Waals surface area (Å²) in [5, 5.41) is 0.601. The number of imidazole rings is 1. The Labute approximate surface area is 210 Å². The third-order valence-corrected chi connectivity index (χ3v) is 7.99. The van der Waals surface area contributed by atoms with E-state index in [1.807, 2.05) is 41.9 Å². The molecule has 0 amide bonds. The molecule has 0 atom stereocenters. The summed E-state index contributed by atoms with van der Waals surface area (Å²) >= 11 is 6.18. The van der Waals surface area contributed by atoms with Gasteiger partial charge in [0.1, 0.15) is 11.3 Å². The predicted octanol–water partition coefficient (Wildman–Crippen LogP) is 6.14. The molecule has 35 heavy (non-hydrogen) atoms. The first kappa shape index (κ1) is 22.3. The Bertz CT molecular complexity index is 1370. The first-order valence-electron chi connectivity index (χ1n) is 12.5. The van der Waals surface area contributed by atoms with E-state index in [2.05, 4.69) is 45.2 Å². The number of Topliss-reactive ketones (excluding diaryl/α,β-unsaturated/α-hetero) is 1. The number of pyridine rings is 2. The second-order valence-corrected chi connectivity index (χ2v) is 10.6. The largest absolute Gasteiger partial charge is 0.370 e. The summed E-state index contributed by atoms with van der Waals surface area (Å²) in [5.74, 6) is 0.779. The normalized spacial score (nSPS) is 16.9. The van der Waals surface area contributed by atoms with Crippen molar-refractivity contribution in [2.45, 2.75) is 44.9 Å². The van der Waals surface area contributed by atoms with E-state index in [0.717, 1.165) is 30.9 Å². The van der Waals surface area contributed by atoms with Gasteiger partial charge in [0, 0.05) is 49.2 Å². The second-order valence-electron chi connectivity index (χ2n) is 10.2. The van der Waals surface area contributed by atoms with Gasteiger partial charge < -0.3 is 4.90 Å². The molecule has 0 N–H and O–H groups in total. The van der Waals surface area contributed by atoms with E-state index >= 15 is 0 Å². The number of aromatic nitrogens is 3. The van der Waals surface area contributed by atoms with Crippen molar-refractivity contribution < 1.29 is 4.79 Å². The summed E-state index contributed by atoms with van der Waals surface area (Å²) in [5.41, 5.74) is 6.60. The Morgan fingerprint density at radius 1 is 1.11 bits per heavy atom. The van der Waals surface area contributed by atoms with Crippen molar-refractivity contribution in [1.82, 2.24) is 14.4 Å². The van der Waals surface area contributed by atoms with Gasteiger partial charge in [0.05, 0.1) is 10.7 Å². The molecule has 2 aliphatic rings. The van der Waals surface area contributed by atoms with Gasteiger partial charge in [-0.15, -0.1) is 0 Å². The molecular formula is C29H29ClN4O. The molecule has 0 unspecified atom stereocenters. The number of carbonyl (C=O) groups excluding carboxylic acids is 1. The first-order chi connectivity index (χ1) is 17.0. The smallest absolute Gasteiger partial charge is 0.181 e. The highest BCUT2D eigenvalue weighted by Crippen LogP contribution is 2.56. The fourth-order valence-corrected chi connectivity index (χ4v) is 6.06. The quantitative estimate of drug-likeness (QED) is 0.295. The number of nitrogens with zero attached hydrogens (tertiary/aromatic N) is 4. The van der Waals surface area contributed by atoms with E-state index in [-0.39, 0.29) is 5.78 Å². The number of hydrogen-bond donors (Lipinski definition) is 0.